The quantitative estimate of drug-likeness (QED) is 0.616. The Kier molecular flexibility index (Phi) is 6.63. The molecule has 0 unspecified atom stereocenters. The Bertz CT molecular complexity index is 721. The average Bonchev–Trinajstić information content (AvgIpc) is 3.14. The van der Waals surface area contributed by atoms with Crippen molar-refractivity contribution in [3.63, 3.8) is 0 Å². The monoisotopic (exact) mass is 404 g/mol. The maximum absolute atomic E-state index is 13.4. The summed E-state index contributed by atoms with van der Waals surface area (Å²) >= 11 is 0. The molecule has 0 bridgehead atoms. The summed E-state index contributed by atoms with van der Waals surface area (Å²) in [4.78, 5) is 34.4. The first kappa shape index (κ1) is 21.8. The normalized spacial score (nSPS) is 20.1. The number of aryl methyl sites for hydroxylation is 1. The van der Waals surface area contributed by atoms with Crippen LogP contribution >= 0.6 is 0 Å². The Labute approximate surface area is 174 Å². The molecule has 0 N–H and O–H groups in total. The maximum atomic E-state index is 13.4. The number of urea groups is 1. The van der Waals surface area contributed by atoms with Crippen LogP contribution in [0.3, 0.4) is 0 Å². The number of imide groups is 1. The third kappa shape index (κ3) is 4.64. The Balaban J connectivity index is 1.72. The molecule has 2 saturated heterocycles. The number of likely N-dealkylation sites (tertiary alicyclic amines) is 1. The number of likely N-dealkylation sites (N-methyl/N-ethyl adjacent to an activating group) is 1. The van der Waals surface area contributed by atoms with Crippen LogP contribution in [0.25, 0.3) is 0 Å². The lowest BCUT2D eigenvalue weighted by Gasteiger charge is -2.42. The van der Waals surface area contributed by atoms with Crippen LogP contribution in [0.2, 0.25) is 0 Å². The number of hydrogen-bond donors (Lipinski definition) is 0. The second-order valence-electron chi connectivity index (χ2n) is 9.21. The van der Waals surface area contributed by atoms with Gasteiger partial charge in [0.25, 0.3) is 5.91 Å². The summed E-state index contributed by atoms with van der Waals surface area (Å²) in [5, 5.41) is 4.24. The number of nitrogens with zero attached hydrogens (tertiary/aromatic N) is 6. The zero-order valence-electron chi connectivity index (χ0n) is 18.6. The molecule has 1 aromatic heterocycles. The summed E-state index contributed by atoms with van der Waals surface area (Å²) in [6.45, 7) is 8.60. The first-order valence-electron chi connectivity index (χ1n) is 10.7. The number of carbonyl (C=O) groups excluding carboxylic acids is 2. The van der Waals surface area contributed by atoms with Crippen LogP contribution in [-0.2, 0) is 18.4 Å². The van der Waals surface area contributed by atoms with Gasteiger partial charge in [-0.2, -0.15) is 5.10 Å². The summed E-state index contributed by atoms with van der Waals surface area (Å²) in [7, 11) is 5.86. The van der Waals surface area contributed by atoms with Crippen molar-refractivity contribution >= 4 is 11.9 Å². The van der Waals surface area contributed by atoms with Crippen LogP contribution in [0.5, 0.6) is 0 Å². The van der Waals surface area contributed by atoms with Crippen molar-refractivity contribution in [3.05, 3.63) is 18.0 Å². The standard InChI is InChI=1S/C21H36N6O2/c1-17(2)6-9-27-20(29)26(13-12-23(3)4)19(28)21(27)7-10-25(11-8-21)16-18-14-22-24(5)15-18/h14-15,17H,6-13,16H2,1-5H3. The highest BCUT2D eigenvalue weighted by molar-refractivity contribution is 6.07. The summed E-state index contributed by atoms with van der Waals surface area (Å²) in [5.74, 6) is 0.505. The van der Waals surface area contributed by atoms with Gasteiger partial charge in [-0.25, -0.2) is 4.79 Å². The molecule has 162 valence electrons. The highest BCUT2D eigenvalue weighted by atomic mass is 16.2. The van der Waals surface area contributed by atoms with E-state index in [9.17, 15) is 9.59 Å². The topological polar surface area (TPSA) is 64.9 Å². The summed E-state index contributed by atoms with van der Waals surface area (Å²) < 4.78 is 1.82. The van der Waals surface area contributed by atoms with Gasteiger partial charge in [0, 0.05) is 58.1 Å². The molecule has 3 heterocycles. The minimum Gasteiger partial charge on any atom is -0.309 e. The zero-order chi connectivity index (χ0) is 21.2. The van der Waals surface area contributed by atoms with Gasteiger partial charge in [-0.1, -0.05) is 13.8 Å². The molecule has 3 amide bonds. The third-order valence-corrected chi connectivity index (χ3v) is 6.17. The highest BCUT2D eigenvalue weighted by Gasteiger charge is 2.57. The van der Waals surface area contributed by atoms with Crippen molar-refractivity contribution in [2.24, 2.45) is 13.0 Å². The molecule has 8 nitrogen and oxygen atoms in total. The fourth-order valence-electron chi connectivity index (χ4n) is 4.35. The molecule has 8 heteroatoms. The van der Waals surface area contributed by atoms with E-state index >= 15 is 0 Å². The first-order valence-corrected chi connectivity index (χ1v) is 10.7. The number of amides is 3. The Hall–Kier alpha value is -1.93. The predicted molar refractivity (Wildman–Crippen MR) is 112 cm³/mol. The number of hydrogen-bond acceptors (Lipinski definition) is 5. The number of piperidine rings is 1. The Morgan fingerprint density at radius 2 is 1.86 bits per heavy atom. The number of carbonyl (C=O) groups is 2. The number of aromatic nitrogens is 2. The van der Waals surface area contributed by atoms with Crippen molar-refractivity contribution < 1.29 is 9.59 Å². The van der Waals surface area contributed by atoms with Crippen LogP contribution in [0.4, 0.5) is 4.79 Å². The van der Waals surface area contributed by atoms with E-state index in [4.69, 9.17) is 0 Å². The van der Waals surface area contributed by atoms with E-state index in [1.807, 2.05) is 48.0 Å². The van der Waals surface area contributed by atoms with Gasteiger partial charge in [0.1, 0.15) is 5.54 Å². The van der Waals surface area contributed by atoms with E-state index in [1.54, 1.807) is 0 Å². The average molecular weight is 405 g/mol. The highest BCUT2D eigenvalue weighted by Crippen LogP contribution is 2.38. The second kappa shape index (κ2) is 8.83. The van der Waals surface area contributed by atoms with E-state index < -0.39 is 5.54 Å². The number of rotatable bonds is 8. The maximum Gasteiger partial charge on any atom is 0.327 e. The molecule has 2 aliphatic rings. The van der Waals surface area contributed by atoms with Gasteiger partial charge in [0.05, 0.1) is 6.20 Å². The van der Waals surface area contributed by atoms with Gasteiger partial charge in [0.15, 0.2) is 0 Å². The summed E-state index contributed by atoms with van der Waals surface area (Å²) in [6.07, 6.45) is 6.25. The van der Waals surface area contributed by atoms with Crippen LogP contribution < -0.4 is 0 Å². The predicted octanol–water partition coefficient (Wildman–Crippen LogP) is 1.63. The second-order valence-corrected chi connectivity index (χ2v) is 9.21. The summed E-state index contributed by atoms with van der Waals surface area (Å²) in [5.41, 5.74) is 0.519. The van der Waals surface area contributed by atoms with Gasteiger partial charge in [-0.3, -0.25) is 19.3 Å². The van der Waals surface area contributed by atoms with Crippen molar-refractivity contribution in [2.75, 3.05) is 46.8 Å². The SMILES string of the molecule is CC(C)CCN1C(=O)N(CCN(C)C)C(=O)C12CCN(Cc1cnn(C)c1)CC2. The molecule has 1 aromatic rings. The lowest BCUT2D eigenvalue weighted by atomic mass is 9.85. The zero-order valence-corrected chi connectivity index (χ0v) is 18.6. The van der Waals surface area contributed by atoms with Gasteiger partial charge in [0.2, 0.25) is 0 Å². The van der Waals surface area contributed by atoms with Gasteiger partial charge in [-0.05, 0) is 39.3 Å². The summed E-state index contributed by atoms with van der Waals surface area (Å²) in [6, 6.07) is -0.0989. The van der Waals surface area contributed by atoms with Crippen LogP contribution in [0.1, 0.15) is 38.7 Å². The fraction of sp³-hybridized carbons (Fsp3) is 0.762. The Morgan fingerprint density at radius 1 is 1.17 bits per heavy atom. The lowest BCUT2D eigenvalue weighted by molar-refractivity contribution is -0.135. The van der Waals surface area contributed by atoms with Crippen molar-refractivity contribution in [1.82, 2.24) is 29.4 Å². The minimum atomic E-state index is -0.663. The molecule has 2 fully saturated rings. The molecule has 0 radical (unpaired) electrons. The molecule has 0 saturated carbocycles. The van der Waals surface area contributed by atoms with Gasteiger partial charge >= 0.3 is 6.03 Å². The third-order valence-electron chi connectivity index (χ3n) is 6.17. The molecular formula is C21H36N6O2. The molecular weight excluding hydrogens is 368 g/mol. The first-order chi connectivity index (χ1) is 13.7. The van der Waals surface area contributed by atoms with E-state index in [-0.39, 0.29) is 11.9 Å². The van der Waals surface area contributed by atoms with Crippen LogP contribution in [0, 0.1) is 5.92 Å². The smallest absolute Gasteiger partial charge is 0.309 e. The van der Waals surface area contributed by atoms with Crippen molar-refractivity contribution in [2.45, 2.75) is 45.2 Å². The van der Waals surface area contributed by atoms with E-state index in [0.29, 0.717) is 38.4 Å². The molecule has 0 atom stereocenters. The molecule has 29 heavy (non-hydrogen) atoms. The molecule has 1 spiro atoms. The van der Waals surface area contributed by atoms with Crippen LogP contribution in [-0.4, -0.2) is 93.7 Å². The van der Waals surface area contributed by atoms with E-state index in [1.165, 1.54) is 10.5 Å². The lowest BCUT2D eigenvalue weighted by Crippen LogP contribution is -2.56. The van der Waals surface area contributed by atoms with Gasteiger partial charge < -0.3 is 9.80 Å². The molecule has 0 aromatic carbocycles. The van der Waals surface area contributed by atoms with Crippen molar-refractivity contribution in [1.29, 1.82) is 0 Å². The molecule has 0 aliphatic carbocycles. The van der Waals surface area contributed by atoms with Crippen molar-refractivity contribution in [3.8, 4) is 0 Å². The van der Waals surface area contributed by atoms with Crippen LogP contribution in [0.15, 0.2) is 12.4 Å². The van der Waals surface area contributed by atoms with E-state index in [0.717, 1.165) is 26.1 Å². The molecule has 2 aliphatic heterocycles. The minimum absolute atomic E-state index is 0.00846. The molecule has 3 rings (SSSR count). The van der Waals surface area contributed by atoms with E-state index in [2.05, 4.69) is 23.8 Å². The largest absolute Gasteiger partial charge is 0.327 e. The Morgan fingerprint density at radius 3 is 2.41 bits per heavy atom. The van der Waals surface area contributed by atoms with Gasteiger partial charge in [-0.15, -0.1) is 0 Å². The fourth-order valence-corrected chi connectivity index (χ4v) is 4.35.